The molecule has 5 nitrogen and oxygen atoms in total. The molecule has 30 heavy (non-hydrogen) atoms. The van der Waals surface area contributed by atoms with Crippen LogP contribution in [0.15, 0.2) is 54.6 Å². The van der Waals surface area contributed by atoms with Gasteiger partial charge in [-0.25, -0.2) is 0 Å². The molecule has 0 heterocycles. The molecule has 0 aliphatic carbocycles. The molecule has 0 spiro atoms. The normalized spacial score (nSPS) is 12.1. The van der Waals surface area contributed by atoms with Gasteiger partial charge in [-0.15, -0.1) is 0 Å². The second kappa shape index (κ2) is 12.8. The minimum absolute atomic E-state index is 0.110. The van der Waals surface area contributed by atoms with Crippen molar-refractivity contribution in [3.63, 3.8) is 0 Å². The first-order chi connectivity index (χ1) is 14.6. The maximum atomic E-state index is 12.5. The van der Waals surface area contributed by atoms with Crippen molar-refractivity contribution < 1.29 is 24.5 Å². The van der Waals surface area contributed by atoms with Crippen molar-refractivity contribution in [3.8, 4) is 5.75 Å². The largest absolute Gasteiger partial charge is 0.489 e. The molecule has 0 aliphatic heterocycles. The molecular weight excluding hydrogens is 380 g/mol. The van der Waals surface area contributed by atoms with E-state index in [4.69, 9.17) is 9.47 Å². The van der Waals surface area contributed by atoms with E-state index in [1.54, 1.807) is 6.07 Å². The summed E-state index contributed by atoms with van der Waals surface area (Å²) in [7, 11) is 0. The average Bonchev–Trinajstić information content (AvgIpc) is 2.77. The molecular formula is C25H32O5. The minimum Gasteiger partial charge on any atom is -0.489 e. The maximum absolute atomic E-state index is 12.5. The van der Waals surface area contributed by atoms with Gasteiger partial charge >= 0.3 is 5.97 Å². The predicted molar refractivity (Wildman–Crippen MR) is 117 cm³/mol. The van der Waals surface area contributed by atoms with Gasteiger partial charge in [-0.1, -0.05) is 49.8 Å². The van der Waals surface area contributed by atoms with Crippen molar-refractivity contribution >= 4 is 5.97 Å². The van der Waals surface area contributed by atoms with Gasteiger partial charge in [0, 0.05) is 0 Å². The van der Waals surface area contributed by atoms with Crippen LogP contribution in [0.4, 0.5) is 0 Å². The molecule has 2 aromatic carbocycles. The monoisotopic (exact) mass is 412 g/mol. The van der Waals surface area contributed by atoms with E-state index in [1.807, 2.05) is 49.4 Å². The van der Waals surface area contributed by atoms with E-state index in [0.717, 1.165) is 24.0 Å². The molecule has 0 aliphatic rings. The number of allylic oxidation sites excluding steroid dienone is 2. The Morgan fingerprint density at radius 1 is 1.03 bits per heavy atom. The zero-order valence-electron chi connectivity index (χ0n) is 17.8. The highest BCUT2D eigenvalue weighted by Crippen LogP contribution is 2.26. The first kappa shape index (κ1) is 23.6. The summed E-state index contributed by atoms with van der Waals surface area (Å²) in [5.41, 5.74) is 3.15. The van der Waals surface area contributed by atoms with Crippen LogP contribution in [-0.4, -0.2) is 22.8 Å². The molecule has 2 aromatic rings. The molecule has 0 saturated carbocycles. The lowest BCUT2D eigenvalue weighted by Crippen LogP contribution is -2.15. The van der Waals surface area contributed by atoms with E-state index in [-0.39, 0.29) is 25.1 Å². The summed E-state index contributed by atoms with van der Waals surface area (Å²) < 4.78 is 11.2. The molecule has 5 heteroatoms. The number of ether oxygens (including phenoxy) is 2. The van der Waals surface area contributed by atoms with Gasteiger partial charge in [0.2, 0.25) is 0 Å². The zero-order chi connectivity index (χ0) is 21.8. The molecule has 0 aromatic heterocycles. The lowest BCUT2D eigenvalue weighted by molar-refractivity contribution is -0.144. The number of aliphatic hydroxyl groups is 2. The van der Waals surface area contributed by atoms with Crippen LogP contribution in [0.5, 0.6) is 5.75 Å². The van der Waals surface area contributed by atoms with E-state index >= 15 is 0 Å². The number of aliphatic hydroxyl groups excluding tert-OH is 2. The second-order valence-corrected chi connectivity index (χ2v) is 7.08. The van der Waals surface area contributed by atoms with E-state index in [1.165, 1.54) is 0 Å². The summed E-state index contributed by atoms with van der Waals surface area (Å²) >= 11 is 0. The third-order valence-corrected chi connectivity index (χ3v) is 4.84. The third-order valence-electron chi connectivity index (χ3n) is 4.84. The molecule has 1 unspecified atom stereocenters. The Kier molecular flexibility index (Phi) is 10.1. The van der Waals surface area contributed by atoms with Crippen LogP contribution < -0.4 is 4.74 Å². The molecule has 0 radical (unpaired) electrons. The molecule has 1 atom stereocenters. The molecule has 0 saturated heterocycles. The quantitative estimate of drug-likeness (QED) is 0.392. The smallest absolute Gasteiger partial charge is 0.313 e. The van der Waals surface area contributed by atoms with Crippen LogP contribution in [0, 0.1) is 0 Å². The van der Waals surface area contributed by atoms with E-state index in [9.17, 15) is 15.0 Å². The van der Waals surface area contributed by atoms with Crippen molar-refractivity contribution in [3.05, 3.63) is 76.9 Å². The third kappa shape index (κ3) is 7.01. The standard InChI is InChI=1S/C25H32O5/c1-3-5-6-7-11-24(25(28)29-4-2)20-9-8-10-23(15-20)30-18-19-12-13-21(16-26)22(14-19)17-27/h6-10,12-15,24,26-27H,3-5,11,16-18H2,1-2H3. The fourth-order valence-corrected chi connectivity index (χ4v) is 3.19. The molecule has 0 fully saturated rings. The van der Waals surface area contributed by atoms with Crippen LogP contribution in [0.25, 0.3) is 0 Å². The zero-order valence-corrected chi connectivity index (χ0v) is 17.8. The Hall–Kier alpha value is -2.63. The van der Waals surface area contributed by atoms with Crippen LogP contribution in [0.2, 0.25) is 0 Å². The highest BCUT2D eigenvalue weighted by molar-refractivity contribution is 5.78. The Morgan fingerprint density at radius 3 is 2.53 bits per heavy atom. The van der Waals surface area contributed by atoms with Crippen molar-refractivity contribution in [2.75, 3.05) is 6.61 Å². The maximum Gasteiger partial charge on any atom is 0.313 e. The lowest BCUT2D eigenvalue weighted by atomic mass is 9.95. The molecule has 2 N–H and O–H groups in total. The predicted octanol–water partition coefficient (Wildman–Crippen LogP) is 4.64. The van der Waals surface area contributed by atoms with Crippen molar-refractivity contribution in [1.82, 2.24) is 0 Å². The Balaban J connectivity index is 2.13. The number of esters is 1. The number of benzene rings is 2. The number of carbonyl (C=O) groups is 1. The second-order valence-electron chi connectivity index (χ2n) is 7.08. The topological polar surface area (TPSA) is 76.0 Å². The first-order valence-corrected chi connectivity index (χ1v) is 10.5. The fraction of sp³-hybridized carbons (Fsp3) is 0.400. The van der Waals surface area contributed by atoms with Gasteiger partial charge in [0.25, 0.3) is 0 Å². The van der Waals surface area contributed by atoms with Crippen molar-refractivity contribution in [2.24, 2.45) is 0 Å². The van der Waals surface area contributed by atoms with E-state index in [0.29, 0.717) is 36.5 Å². The molecule has 0 bridgehead atoms. The van der Waals surface area contributed by atoms with Crippen LogP contribution in [0.1, 0.15) is 61.3 Å². The van der Waals surface area contributed by atoms with Gasteiger partial charge in [-0.2, -0.15) is 0 Å². The Labute approximate surface area is 179 Å². The summed E-state index contributed by atoms with van der Waals surface area (Å²) in [5.74, 6) is 0.0607. The van der Waals surface area contributed by atoms with Crippen molar-refractivity contribution in [2.45, 2.75) is 58.8 Å². The number of hydrogen-bond donors (Lipinski definition) is 2. The van der Waals surface area contributed by atoms with Crippen LogP contribution in [-0.2, 0) is 29.4 Å². The van der Waals surface area contributed by atoms with E-state index in [2.05, 4.69) is 13.0 Å². The Bertz CT molecular complexity index is 828. The highest BCUT2D eigenvalue weighted by Gasteiger charge is 2.21. The van der Waals surface area contributed by atoms with Gasteiger partial charge < -0.3 is 19.7 Å². The summed E-state index contributed by atoms with van der Waals surface area (Å²) in [5, 5.41) is 18.8. The fourth-order valence-electron chi connectivity index (χ4n) is 3.19. The van der Waals surface area contributed by atoms with Crippen LogP contribution in [0.3, 0.4) is 0 Å². The van der Waals surface area contributed by atoms with Gasteiger partial charge in [0.15, 0.2) is 0 Å². The van der Waals surface area contributed by atoms with Gasteiger partial charge in [0.05, 0.1) is 25.7 Å². The number of carbonyl (C=O) groups excluding carboxylic acids is 1. The number of unbranched alkanes of at least 4 members (excludes halogenated alkanes) is 1. The van der Waals surface area contributed by atoms with Crippen molar-refractivity contribution in [1.29, 1.82) is 0 Å². The summed E-state index contributed by atoms with van der Waals surface area (Å²) in [6.07, 6.45) is 6.79. The minimum atomic E-state index is -0.369. The number of hydrogen-bond acceptors (Lipinski definition) is 5. The summed E-state index contributed by atoms with van der Waals surface area (Å²) in [6.45, 7) is 4.36. The Morgan fingerprint density at radius 2 is 1.83 bits per heavy atom. The molecule has 2 rings (SSSR count). The highest BCUT2D eigenvalue weighted by atomic mass is 16.5. The molecule has 0 amide bonds. The number of rotatable bonds is 12. The SMILES string of the molecule is CCCC=CCC(C(=O)OCC)c1cccc(OCc2ccc(CO)c(CO)c2)c1. The summed E-state index contributed by atoms with van der Waals surface area (Å²) in [4.78, 5) is 12.5. The van der Waals surface area contributed by atoms with Gasteiger partial charge in [0.1, 0.15) is 12.4 Å². The molecule has 162 valence electrons. The van der Waals surface area contributed by atoms with Gasteiger partial charge in [-0.05, 0) is 60.2 Å². The van der Waals surface area contributed by atoms with Gasteiger partial charge in [-0.3, -0.25) is 4.79 Å². The average molecular weight is 413 g/mol. The van der Waals surface area contributed by atoms with Crippen LogP contribution >= 0.6 is 0 Å². The lowest BCUT2D eigenvalue weighted by Gasteiger charge is -2.16. The van der Waals surface area contributed by atoms with E-state index < -0.39 is 0 Å². The first-order valence-electron chi connectivity index (χ1n) is 10.5. The summed E-state index contributed by atoms with van der Waals surface area (Å²) in [6, 6.07) is 13.0.